The smallest absolute Gasteiger partial charge is 0.243 e. The van der Waals surface area contributed by atoms with Crippen LogP contribution in [0.2, 0.25) is 5.02 Å². The van der Waals surface area contributed by atoms with Crippen LogP contribution in [0.3, 0.4) is 0 Å². The average molecular weight is 287 g/mol. The lowest BCUT2D eigenvalue weighted by Crippen LogP contribution is -2.13. The third-order valence-corrected chi connectivity index (χ3v) is 3.52. The molecule has 0 amide bonds. The Kier molecular flexibility index (Phi) is 2.53. The molecule has 1 aliphatic heterocycles. The SMILES string of the molecule is Clc1ccc2nc(NC3COc4ccccc43)nn2c1. The van der Waals surface area contributed by atoms with Crippen molar-refractivity contribution >= 4 is 23.2 Å². The van der Waals surface area contributed by atoms with Gasteiger partial charge < -0.3 is 10.1 Å². The summed E-state index contributed by atoms with van der Waals surface area (Å²) in [5.41, 5.74) is 1.88. The van der Waals surface area contributed by atoms with Gasteiger partial charge in [0.25, 0.3) is 0 Å². The zero-order chi connectivity index (χ0) is 13.5. The van der Waals surface area contributed by atoms with Crippen molar-refractivity contribution in [1.29, 1.82) is 0 Å². The lowest BCUT2D eigenvalue weighted by molar-refractivity contribution is 0.339. The second kappa shape index (κ2) is 4.38. The van der Waals surface area contributed by atoms with E-state index < -0.39 is 0 Å². The van der Waals surface area contributed by atoms with E-state index in [0.29, 0.717) is 17.6 Å². The van der Waals surface area contributed by atoms with Gasteiger partial charge in [0.15, 0.2) is 5.65 Å². The van der Waals surface area contributed by atoms with Crippen LogP contribution in [0, 0.1) is 0 Å². The zero-order valence-corrected chi connectivity index (χ0v) is 11.2. The summed E-state index contributed by atoms with van der Waals surface area (Å²) in [5.74, 6) is 1.48. The first-order valence-electron chi connectivity index (χ1n) is 6.30. The highest BCUT2D eigenvalue weighted by atomic mass is 35.5. The van der Waals surface area contributed by atoms with Gasteiger partial charge in [0.1, 0.15) is 12.4 Å². The Labute approximate surface area is 120 Å². The lowest BCUT2D eigenvalue weighted by atomic mass is 10.1. The predicted octanol–water partition coefficient (Wildman–Crippen LogP) is 2.93. The number of anilines is 1. The Hall–Kier alpha value is -2.27. The van der Waals surface area contributed by atoms with Crippen LogP contribution >= 0.6 is 11.6 Å². The molecule has 0 fully saturated rings. The highest BCUT2D eigenvalue weighted by Gasteiger charge is 2.24. The van der Waals surface area contributed by atoms with E-state index in [2.05, 4.69) is 15.4 Å². The first-order valence-corrected chi connectivity index (χ1v) is 6.67. The molecule has 0 saturated carbocycles. The number of para-hydroxylation sites is 1. The maximum absolute atomic E-state index is 5.94. The molecule has 2 aromatic heterocycles. The molecule has 0 radical (unpaired) electrons. The molecule has 100 valence electrons. The molecule has 1 aromatic carbocycles. The van der Waals surface area contributed by atoms with Crippen LogP contribution in [0.15, 0.2) is 42.6 Å². The second-order valence-corrected chi connectivity index (χ2v) is 5.07. The minimum atomic E-state index is 0.0686. The van der Waals surface area contributed by atoms with E-state index in [4.69, 9.17) is 16.3 Å². The van der Waals surface area contributed by atoms with Gasteiger partial charge in [-0.15, -0.1) is 5.10 Å². The highest BCUT2D eigenvalue weighted by molar-refractivity contribution is 6.30. The van der Waals surface area contributed by atoms with E-state index in [1.807, 2.05) is 30.3 Å². The highest BCUT2D eigenvalue weighted by Crippen LogP contribution is 2.33. The summed E-state index contributed by atoms with van der Waals surface area (Å²) in [5, 5.41) is 8.29. The third-order valence-electron chi connectivity index (χ3n) is 3.30. The Morgan fingerprint density at radius 1 is 1.25 bits per heavy atom. The summed E-state index contributed by atoms with van der Waals surface area (Å²) in [6, 6.07) is 11.7. The molecule has 1 N–H and O–H groups in total. The van der Waals surface area contributed by atoms with Crippen molar-refractivity contribution in [3.05, 3.63) is 53.2 Å². The molecular weight excluding hydrogens is 276 g/mol. The Morgan fingerprint density at radius 2 is 2.15 bits per heavy atom. The summed E-state index contributed by atoms with van der Waals surface area (Å²) in [7, 11) is 0. The van der Waals surface area contributed by atoms with Gasteiger partial charge in [-0.25, -0.2) is 4.52 Å². The van der Waals surface area contributed by atoms with E-state index >= 15 is 0 Å². The van der Waals surface area contributed by atoms with E-state index in [1.165, 1.54) is 0 Å². The van der Waals surface area contributed by atoms with Gasteiger partial charge in [0.2, 0.25) is 5.95 Å². The molecule has 1 atom stereocenters. The maximum Gasteiger partial charge on any atom is 0.243 e. The predicted molar refractivity (Wildman–Crippen MR) is 76.3 cm³/mol. The van der Waals surface area contributed by atoms with Crippen molar-refractivity contribution in [2.45, 2.75) is 6.04 Å². The van der Waals surface area contributed by atoms with Crippen LogP contribution in [0.4, 0.5) is 5.95 Å². The van der Waals surface area contributed by atoms with Crippen molar-refractivity contribution in [1.82, 2.24) is 14.6 Å². The summed E-state index contributed by atoms with van der Waals surface area (Å²) < 4.78 is 7.29. The molecule has 0 bridgehead atoms. The summed E-state index contributed by atoms with van der Waals surface area (Å²) in [6.07, 6.45) is 1.73. The number of hydrogen-bond acceptors (Lipinski definition) is 4. The summed E-state index contributed by atoms with van der Waals surface area (Å²) >= 11 is 5.94. The zero-order valence-electron chi connectivity index (χ0n) is 10.5. The van der Waals surface area contributed by atoms with E-state index in [9.17, 15) is 0 Å². The molecule has 0 spiro atoms. The van der Waals surface area contributed by atoms with Crippen LogP contribution in [0.25, 0.3) is 5.65 Å². The largest absolute Gasteiger partial charge is 0.491 e. The van der Waals surface area contributed by atoms with Crippen molar-refractivity contribution < 1.29 is 4.74 Å². The topological polar surface area (TPSA) is 51.5 Å². The molecule has 3 heterocycles. The van der Waals surface area contributed by atoms with Gasteiger partial charge in [-0.1, -0.05) is 29.8 Å². The Morgan fingerprint density at radius 3 is 3.10 bits per heavy atom. The monoisotopic (exact) mass is 286 g/mol. The molecular formula is C14H11ClN4O. The van der Waals surface area contributed by atoms with Gasteiger partial charge in [0, 0.05) is 11.8 Å². The van der Waals surface area contributed by atoms with Crippen LogP contribution < -0.4 is 10.1 Å². The fraction of sp³-hybridized carbons (Fsp3) is 0.143. The van der Waals surface area contributed by atoms with E-state index in [-0.39, 0.29) is 6.04 Å². The van der Waals surface area contributed by atoms with Gasteiger partial charge in [-0.05, 0) is 18.2 Å². The standard InChI is InChI=1S/C14H11ClN4O/c15-9-5-6-13-17-14(18-19(13)7-9)16-11-8-20-12-4-2-1-3-10(11)12/h1-7,11H,8H2,(H,16,18). The molecule has 20 heavy (non-hydrogen) atoms. The van der Waals surface area contributed by atoms with Crippen LogP contribution in [-0.2, 0) is 0 Å². The van der Waals surface area contributed by atoms with Crippen molar-refractivity contribution in [3.8, 4) is 5.75 Å². The first kappa shape index (κ1) is 11.5. The Bertz CT molecular complexity index is 786. The number of nitrogens with one attached hydrogen (secondary N) is 1. The number of fused-ring (bicyclic) bond motifs is 2. The fourth-order valence-electron chi connectivity index (χ4n) is 2.36. The molecule has 0 aliphatic carbocycles. The normalized spacial score (nSPS) is 16.9. The van der Waals surface area contributed by atoms with Crippen LogP contribution in [0.5, 0.6) is 5.75 Å². The van der Waals surface area contributed by atoms with Crippen LogP contribution in [0.1, 0.15) is 11.6 Å². The first-order chi connectivity index (χ1) is 9.79. The lowest BCUT2D eigenvalue weighted by Gasteiger charge is -2.08. The molecule has 1 unspecified atom stereocenters. The second-order valence-electron chi connectivity index (χ2n) is 4.63. The van der Waals surface area contributed by atoms with E-state index in [0.717, 1.165) is 17.0 Å². The third kappa shape index (κ3) is 1.87. The Balaban J connectivity index is 1.65. The number of halogens is 1. The summed E-state index contributed by atoms with van der Waals surface area (Å²) in [4.78, 5) is 4.42. The molecule has 5 nitrogen and oxygen atoms in total. The van der Waals surface area contributed by atoms with Crippen molar-refractivity contribution in [2.24, 2.45) is 0 Å². The number of benzene rings is 1. The molecule has 1 aliphatic rings. The quantitative estimate of drug-likeness (QED) is 0.787. The van der Waals surface area contributed by atoms with Gasteiger partial charge in [-0.2, -0.15) is 4.98 Å². The van der Waals surface area contributed by atoms with Gasteiger partial charge in [0.05, 0.1) is 11.1 Å². The number of nitrogens with zero attached hydrogens (tertiary/aromatic N) is 3. The number of ether oxygens (including phenoxy) is 1. The van der Waals surface area contributed by atoms with Crippen molar-refractivity contribution in [2.75, 3.05) is 11.9 Å². The fourth-order valence-corrected chi connectivity index (χ4v) is 2.51. The number of pyridine rings is 1. The van der Waals surface area contributed by atoms with Gasteiger partial charge in [-0.3, -0.25) is 0 Å². The number of hydrogen-bond donors (Lipinski definition) is 1. The number of aromatic nitrogens is 3. The number of rotatable bonds is 2. The maximum atomic E-state index is 5.94. The van der Waals surface area contributed by atoms with Gasteiger partial charge >= 0.3 is 0 Å². The van der Waals surface area contributed by atoms with Crippen molar-refractivity contribution in [3.63, 3.8) is 0 Å². The molecule has 6 heteroatoms. The average Bonchev–Trinajstić information content (AvgIpc) is 3.03. The molecule has 0 saturated heterocycles. The van der Waals surface area contributed by atoms with Crippen LogP contribution in [-0.4, -0.2) is 21.2 Å². The molecule has 4 rings (SSSR count). The minimum Gasteiger partial charge on any atom is -0.491 e. The van der Waals surface area contributed by atoms with E-state index in [1.54, 1.807) is 16.8 Å². The molecule has 3 aromatic rings. The summed E-state index contributed by atoms with van der Waals surface area (Å²) in [6.45, 7) is 0.579. The minimum absolute atomic E-state index is 0.0686.